The van der Waals surface area contributed by atoms with Gasteiger partial charge in [0, 0.05) is 0 Å². The van der Waals surface area contributed by atoms with Crippen LogP contribution in [0.2, 0.25) is 0 Å². The van der Waals surface area contributed by atoms with Crippen LogP contribution in [-0.4, -0.2) is 66.8 Å². The highest BCUT2D eigenvalue weighted by Gasteiger charge is 2.84. The van der Waals surface area contributed by atoms with Crippen molar-refractivity contribution in [2.24, 2.45) is 0 Å². The van der Waals surface area contributed by atoms with Crippen molar-refractivity contribution < 1.29 is 96.9 Å². The van der Waals surface area contributed by atoms with E-state index in [4.69, 9.17) is 9.11 Å². The molecule has 8 nitrogen and oxygen atoms in total. The van der Waals surface area contributed by atoms with Crippen molar-refractivity contribution in [3.63, 3.8) is 0 Å². The van der Waals surface area contributed by atoms with Crippen molar-refractivity contribution in [3.05, 3.63) is 0 Å². The Bertz CT molecular complexity index is 892. The van der Waals surface area contributed by atoms with Gasteiger partial charge >= 0.3 is 61.1 Å². The average Bonchev–Trinajstić information content (AvgIpc) is 2.41. The van der Waals surface area contributed by atoms with Crippen LogP contribution >= 0.6 is 0 Å². The second-order valence-electron chi connectivity index (χ2n) is 4.83. The lowest BCUT2D eigenvalue weighted by atomic mass is 10.2. The highest BCUT2D eigenvalue weighted by molar-refractivity contribution is 7.87. The predicted octanol–water partition coefficient (Wildman–Crippen LogP) is 2.99. The summed E-state index contributed by atoms with van der Waals surface area (Å²) in [5.41, 5.74) is 0. The summed E-state index contributed by atoms with van der Waals surface area (Å²) in [7, 11) is -15.2. The van der Waals surface area contributed by atoms with Crippen molar-refractivity contribution in [1.82, 2.24) is 0 Å². The van der Waals surface area contributed by atoms with Crippen molar-refractivity contribution in [2.45, 2.75) is 40.9 Å². The molecule has 0 heterocycles. The molecule has 0 aliphatic heterocycles. The molecule has 0 spiro atoms. The lowest BCUT2D eigenvalue weighted by Crippen LogP contribution is -2.66. The second-order valence-corrected chi connectivity index (χ2v) is 7.76. The monoisotopic (exact) mass is 544 g/mol. The largest absolute Gasteiger partial charge is 0.460 e. The molecule has 0 aliphatic carbocycles. The molecule has 24 heteroatoms. The molecule has 188 valence electrons. The van der Waals surface area contributed by atoms with E-state index in [1.807, 2.05) is 0 Å². The quantitative estimate of drug-likeness (QED) is 0.335. The van der Waals surface area contributed by atoms with E-state index < -0.39 is 61.1 Å². The van der Waals surface area contributed by atoms with Crippen molar-refractivity contribution >= 4 is 20.2 Å². The molecule has 1 unspecified atom stereocenters. The fraction of sp³-hybridized carbons (Fsp3) is 1.00. The summed E-state index contributed by atoms with van der Waals surface area (Å²) < 4.78 is 239. The maximum Gasteiger partial charge on any atom is 0.460 e. The highest BCUT2D eigenvalue weighted by atomic mass is 32.2. The van der Waals surface area contributed by atoms with E-state index >= 15 is 0 Å². The number of hydrogen-bond donors (Lipinski definition) is 2. The summed E-state index contributed by atoms with van der Waals surface area (Å²) in [5.74, 6) is -8.06. The maximum absolute atomic E-state index is 13.6. The average molecular weight is 544 g/mol. The van der Waals surface area contributed by atoms with E-state index in [0.29, 0.717) is 0 Å². The Hall–Kier alpha value is -1.24. The molecule has 0 saturated carbocycles. The smallest absolute Gasteiger partial charge is 0.281 e. The summed E-state index contributed by atoms with van der Waals surface area (Å²) in [5, 5.41) is -14.7. The van der Waals surface area contributed by atoms with Crippen LogP contribution in [0.15, 0.2) is 0 Å². The standard InChI is InChI=1S/C7H2F14O8S2/c8-1(2(9,10)11,28-4(14,15)6(18,19)30(22,23)24)3(12,13)29-5(16,17)7(20,21)31(25,26)27/h(H,22,23,24)(H,25,26,27). The molecule has 0 aliphatic rings. The fourth-order valence-electron chi connectivity index (χ4n) is 1.10. The third-order valence-corrected chi connectivity index (χ3v) is 4.36. The Labute approximate surface area is 159 Å². The molecule has 0 radical (unpaired) electrons. The lowest BCUT2D eigenvalue weighted by Gasteiger charge is -2.38. The van der Waals surface area contributed by atoms with Crippen LogP contribution in [0.5, 0.6) is 0 Å². The minimum Gasteiger partial charge on any atom is -0.281 e. The summed E-state index contributed by atoms with van der Waals surface area (Å²) in [6, 6.07) is 0. The normalized spacial score (nSPS) is 18.1. The molecule has 0 saturated heterocycles. The van der Waals surface area contributed by atoms with E-state index in [2.05, 4.69) is 0 Å². The molecule has 31 heavy (non-hydrogen) atoms. The first kappa shape index (κ1) is 29.8. The summed E-state index contributed by atoms with van der Waals surface area (Å²) in [4.78, 5) is 0. The van der Waals surface area contributed by atoms with Crippen LogP contribution in [0.25, 0.3) is 0 Å². The van der Waals surface area contributed by atoms with Gasteiger partial charge in [0.05, 0.1) is 0 Å². The van der Waals surface area contributed by atoms with Crippen molar-refractivity contribution in [1.29, 1.82) is 0 Å². The molecule has 1 atom stereocenters. The van der Waals surface area contributed by atoms with Gasteiger partial charge in [-0.1, -0.05) is 0 Å². The van der Waals surface area contributed by atoms with E-state index in [-0.39, 0.29) is 0 Å². The lowest BCUT2D eigenvalue weighted by molar-refractivity contribution is -0.542. The SMILES string of the molecule is O=S(=O)(O)C(F)(F)C(F)(F)OC(F)(F)C(F)(OC(F)(F)C(F)(F)S(=O)(=O)O)C(F)(F)F. The Balaban J connectivity index is 6.68. The summed E-state index contributed by atoms with van der Waals surface area (Å²) >= 11 is 0. The zero-order valence-corrected chi connectivity index (χ0v) is 14.6. The molecule has 0 aromatic rings. The van der Waals surface area contributed by atoms with Crippen LogP contribution in [0.3, 0.4) is 0 Å². The van der Waals surface area contributed by atoms with Crippen LogP contribution in [-0.2, 0) is 29.7 Å². The number of hydrogen-bond acceptors (Lipinski definition) is 6. The first-order chi connectivity index (χ1) is 12.9. The molecule has 0 aromatic carbocycles. The molecule has 0 rings (SSSR count). The summed E-state index contributed by atoms with van der Waals surface area (Å²) in [6.45, 7) is 0. The van der Waals surface area contributed by atoms with Gasteiger partial charge in [0.1, 0.15) is 0 Å². The molecular formula is C7H2F14O8S2. The minimum absolute atomic E-state index is 1.29. The Kier molecular flexibility index (Phi) is 7.10. The fourth-order valence-corrected chi connectivity index (χ4v) is 1.79. The highest BCUT2D eigenvalue weighted by Crippen LogP contribution is 2.55. The molecular weight excluding hydrogens is 542 g/mol. The van der Waals surface area contributed by atoms with E-state index in [1.165, 1.54) is 9.47 Å². The van der Waals surface area contributed by atoms with Crippen LogP contribution in [0, 0.1) is 0 Å². The molecule has 0 amide bonds. The van der Waals surface area contributed by atoms with Crippen molar-refractivity contribution in [2.75, 3.05) is 0 Å². The van der Waals surface area contributed by atoms with Gasteiger partial charge < -0.3 is 0 Å². The van der Waals surface area contributed by atoms with Crippen LogP contribution < -0.4 is 0 Å². The topological polar surface area (TPSA) is 127 Å². The first-order valence-electron chi connectivity index (χ1n) is 5.90. The number of halogens is 14. The van der Waals surface area contributed by atoms with Gasteiger partial charge in [-0.3, -0.25) is 13.8 Å². The number of alkyl halides is 14. The molecule has 2 N–H and O–H groups in total. The van der Waals surface area contributed by atoms with E-state index in [9.17, 15) is 78.3 Å². The number of ether oxygens (including phenoxy) is 2. The van der Waals surface area contributed by atoms with Gasteiger partial charge in [0.25, 0.3) is 0 Å². The van der Waals surface area contributed by atoms with Crippen molar-refractivity contribution in [3.8, 4) is 0 Å². The van der Waals surface area contributed by atoms with Crippen LogP contribution in [0.4, 0.5) is 61.5 Å². The van der Waals surface area contributed by atoms with Gasteiger partial charge in [-0.15, -0.1) is 0 Å². The zero-order valence-electron chi connectivity index (χ0n) is 13.0. The molecule has 0 fully saturated rings. The van der Waals surface area contributed by atoms with Gasteiger partial charge in [-0.2, -0.15) is 78.3 Å². The van der Waals surface area contributed by atoms with E-state index in [0.717, 1.165) is 0 Å². The Morgan fingerprint density at radius 1 is 0.484 bits per heavy atom. The van der Waals surface area contributed by atoms with Gasteiger partial charge in [-0.25, -0.2) is 4.74 Å². The zero-order chi connectivity index (χ0) is 25.9. The summed E-state index contributed by atoms with van der Waals surface area (Å²) in [6.07, 6.45) is -31.3. The predicted molar refractivity (Wildman–Crippen MR) is 59.9 cm³/mol. The van der Waals surface area contributed by atoms with Gasteiger partial charge in [-0.05, 0) is 0 Å². The van der Waals surface area contributed by atoms with Gasteiger partial charge in [0.15, 0.2) is 0 Å². The molecule has 0 bridgehead atoms. The van der Waals surface area contributed by atoms with Crippen LogP contribution in [0.1, 0.15) is 0 Å². The minimum atomic E-state index is -8.06. The van der Waals surface area contributed by atoms with E-state index in [1.54, 1.807) is 0 Å². The second kappa shape index (κ2) is 7.39. The maximum atomic E-state index is 13.6. The first-order valence-corrected chi connectivity index (χ1v) is 8.78. The Morgan fingerprint density at radius 2 is 0.742 bits per heavy atom. The Morgan fingerprint density at radius 3 is 0.968 bits per heavy atom. The third kappa shape index (κ3) is 4.91. The third-order valence-electron chi connectivity index (χ3n) is 2.59. The molecule has 0 aromatic heterocycles. The number of rotatable bonds is 9. The van der Waals surface area contributed by atoms with Gasteiger partial charge in [0.2, 0.25) is 0 Å².